The third-order valence-electron chi connectivity index (χ3n) is 5.19. The Balaban J connectivity index is 1.56. The van der Waals surface area contributed by atoms with Crippen LogP contribution in [0.4, 0.5) is 11.4 Å². The van der Waals surface area contributed by atoms with Gasteiger partial charge in [0, 0.05) is 28.8 Å². The van der Waals surface area contributed by atoms with Gasteiger partial charge < -0.3 is 15.0 Å². The summed E-state index contributed by atoms with van der Waals surface area (Å²) in [6.07, 6.45) is 0.883. The van der Waals surface area contributed by atoms with E-state index in [-0.39, 0.29) is 25.5 Å². The smallest absolute Gasteiger partial charge is 0.311 e. The van der Waals surface area contributed by atoms with E-state index in [1.165, 1.54) is 0 Å². The van der Waals surface area contributed by atoms with Crippen LogP contribution in [-0.4, -0.2) is 30.9 Å². The summed E-state index contributed by atoms with van der Waals surface area (Å²) in [5, 5.41) is 2.74. The number of rotatable bonds is 6. The van der Waals surface area contributed by atoms with Gasteiger partial charge in [0.1, 0.15) is 0 Å². The molecule has 0 aromatic heterocycles. The lowest BCUT2D eigenvalue weighted by molar-refractivity contribution is -0.151. The quantitative estimate of drug-likeness (QED) is 0.640. The molecular weight excluding hydrogens is 448 g/mol. The van der Waals surface area contributed by atoms with Crippen LogP contribution in [0.5, 0.6) is 0 Å². The first-order valence-corrected chi connectivity index (χ1v) is 10.7. The molecule has 7 heteroatoms. The van der Waals surface area contributed by atoms with Crippen molar-refractivity contribution < 1.29 is 19.1 Å². The van der Waals surface area contributed by atoms with Gasteiger partial charge in [-0.25, -0.2) is 0 Å². The van der Waals surface area contributed by atoms with Crippen LogP contribution >= 0.6 is 15.9 Å². The van der Waals surface area contributed by atoms with Crippen molar-refractivity contribution in [1.29, 1.82) is 0 Å². The van der Waals surface area contributed by atoms with Crippen molar-refractivity contribution in [2.45, 2.75) is 33.6 Å². The molecule has 0 radical (unpaired) electrons. The van der Waals surface area contributed by atoms with E-state index in [0.29, 0.717) is 5.69 Å². The molecule has 3 rings (SSSR count). The maximum absolute atomic E-state index is 12.5. The number of aryl methyl sites for hydroxylation is 3. The molecule has 1 saturated heterocycles. The van der Waals surface area contributed by atoms with Crippen molar-refractivity contribution in [3.05, 3.63) is 57.6 Å². The maximum Gasteiger partial charge on any atom is 0.311 e. The number of anilines is 2. The molecule has 1 heterocycles. The van der Waals surface area contributed by atoms with Crippen LogP contribution in [0.15, 0.2) is 40.9 Å². The monoisotopic (exact) mass is 472 g/mol. The van der Waals surface area contributed by atoms with Gasteiger partial charge in [-0.05, 0) is 55.2 Å². The first-order chi connectivity index (χ1) is 14.3. The Kier molecular flexibility index (Phi) is 6.92. The lowest BCUT2D eigenvalue weighted by Crippen LogP contribution is -2.28. The van der Waals surface area contributed by atoms with Crippen LogP contribution in [0.2, 0.25) is 0 Å². The molecular formula is C23H25BrN2O4. The van der Waals surface area contributed by atoms with E-state index >= 15 is 0 Å². The first-order valence-electron chi connectivity index (χ1n) is 9.91. The molecule has 1 aliphatic rings. The Hall–Kier alpha value is -2.67. The summed E-state index contributed by atoms with van der Waals surface area (Å²) >= 11 is 3.49. The van der Waals surface area contributed by atoms with Gasteiger partial charge in [0.05, 0.1) is 5.92 Å². The lowest BCUT2D eigenvalue weighted by Gasteiger charge is -2.19. The zero-order valence-electron chi connectivity index (χ0n) is 17.3. The van der Waals surface area contributed by atoms with E-state index in [0.717, 1.165) is 33.3 Å². The Morgan fingerprint density at radius 3 is 2.53 bits per heavy atom. The van der Waals surface area contributed by atoms with E-state index in [1.54, 1.807) is 4.90 Å². The number of ether oxygens (including phenoxy) is 1. The zero-order valence-corrected chi connectivity index (χ0v) is 18.9. The Morgan fingerprint density at radius 1 is 1.20 bits per heavy atom. The number of halogens is 1. The highest BCUT2D eigenvalue weighted by atomic mass is 79.9. The Morgan fingerprint density at radius 2 is 1.87 bits per heavy atom. The number of nitrogens with one attached hydrogen (secondary N) is 1. The highest BCUT2D eigenvalue weighted by molar-refractivity contribution is 9.10. The summed E-state index contributed by atoms with van der Waals surface area (Å²) in [5.41, 5.74) is 4.53. The fraction of sp³-hybridized carbons (Fsp3) is 0.348. The number of hydrogen-bond acceptors (Lipinski definition) is 4. The highest BCUT2D eigenvalue weighted by Gasteiger charge is 2.37. The zero-order chi connectivity index (χ0) is 21.8. The number of amides is 2. The van der Waals surface area contributed by atoms with Gasteiger partial charge in [0.2, 0.25) is 5.91 Å². The molecule has 0 unspecified atom stereocenters. The van der Waals surface area contributed by atoms with E-state index in [4.69, 9.17) is 4.74 Å². The molecule has 6 nitrogen and oxygen atoms in total. The fourth-order valence-corrected chi connectivity index (χ4v) is 3.87. The Labute approximate surface area is 184 Å². The number of carbonyl (C=O) groups excluding carboxylic acids is 3. The molecule has 2 aromatic carbocycles. The average Bonchev–Trinajstić information content (AvgIpc) is 3.11. The number of para-hydroxylation sites is 1. The summed E-state index contributed by atoms with van der Waals surface area (Å²) < 4.78 is 6.19. The Bertz CT molecular complexity index is 966. The first kappa shape index (κ1) is 22.0. The number of benzene rings is 2. The number of esters is 1. The minimum atomic E-state index is -0.576. The molecule has 0 bridgehead atoms. The van der Waals surface area contributed by atoms with Crippen LogP contribution in [0, 0.1) is 19.8 Å². The van der Waals surface area contributed by atoms with Crippen LogP contribution in [-0.2, 0) is 25.5 Å². The van der Waals surface area contributed by atoms with Gasteiger partial charge in [-0.15, -0.1) is 0 Å². The third kappa shape index (κ3) is 4.90. The molecule has 0 aliphatic carbocycles. The second kappa shape index (κ2) is 9.43. The SMILES string of the molecule is CCc1ccccc1N1C[C@@H](C(=O)OCC(=O)Nc2cc(C)c(Br)c(C)c2)CC1=O. The second-order valence-corrected chi connectivity index (χ2v) is 8.26. The number of hydrogen-bond donors (Lipinski definition) is 1. The number of carbonyl (C=O) groups is 3. The standard InChI is InChI=1S/C23H25BrN2O4/c1-4-16-7-5-6-8-19(16)26-12-17(11-21(26)28)23(29)30-13-20(27)25-18-9-14(2)22(24)15(3)10-18/h5-10,17H,4,11-13H2,1-3H3,(H,25,27)/t17-/m0/s1. The third-order valence-corrected chi connectivity index (χ3v) is 6.44. The predicted octanol–water partition coefficient (Wildman–Crippen LogP) is 4.16. The second-order valence-electron chi connectivity index (χ2n) is 7.47. The van der Waals surface area contributed by atoms with Crippen molar-refractivity contribution in [1.82, 2.24) is 0 Å². The molecule has 1 fully saturated rings. The predicted molar refractivity (Wildman–Crippen MR) is 119 cm³/mol. The summed E-state index contributed by atoms with van der Waals surface area (Å²) in [7, 11) is 0. The summed E-state index contributed by atoms with van der Waals surface area (Å²) in [4.78, 5) is 38.7. The van der Waals surface area contributed by atoms with Crippen LogP contribution in [0.25, 0.3) is 0 Å². The lowest BCUT2D eigenvalue weighted by atomic mass is 10.1. The number of nitrogens with zero attached hydrogens (tertiary/aromatic N) is 1. The van der Waals surface area contributed by atoms with Crippen molar-refractivity contribution in [2.75, 3.05) is 23.4 Å². The van der Waals surface area contributed by atoms with E-state index in [1.807, 2.05) is 57.2 Å². The van der Waals surface area contributed by atoms with Crippen molar-refractivity contribution in [3.63, 3.8) is 0 Å². The highest BCUT2D eigenvalue weighted by Crippen LogP contribution is 2.29. The van der Waals surface area contributed by atoms with Gasteiger partial charge in [-0.2, -0.15) is 0 Å². The molecule has 30 heavy (non-hydrogen) atoms. The summed E-state index contributed by atoms with van der Waals surface area (Å²) in [6, 6.07) is 11.4. The molecule has 1 aliphatic heterocycles. The van der Waals surface area contributed by atoms with Gasteiger partial charge in [0.15, 0.2) is 6.61 Å². The molecule has 0 spiro atoms. The molecule has 0 saturated carbocycles. The van der Waals surface area contributed by atoms with Gasteiger partial charge >= 0.3 is 5.97 Å². The van der Waals surface area contributed by atoms with Gasteiger partial charge in [-0.3, -0.25) is 14.4 Å². The average molecular weight is 473 g/mol. The van der Waals surface area contributed by atoms with Crippen molar-refractivity contribution in [2.24, 2.45) is 5.92 Å². The van der Waals surface area contributed by atoms with Crippen molar-refractivity contribution in [3.8, 4) is 0 Å². The van der Waals surface area contributed by atoms with Crippen molar-refractivity contribution >= 4 is 45.1 Å². The molecule has 2 aromatic rings. The largest absolute Gasteiger partial charge is 0.455 e. The normalized spacial score (nSPS) is 15.9. The minimum absolute atomic E-state index is 0.0869. The van der Waals surface area contributed by atoms with Crippen LogP contribution < -0.4 is 10.2 Å². The topological polar surface area (TPSA) is 75.7 Å². The van der Waals surface area contributed by atoms with Crippen LogP contribution in [0.3, 0.4) is 0 Å². The molecule has 158 valence electrons. The fourth-order valence-electron chi connectivity index (χ4n) is 3.64. The van der Waals surface area contributed by atoms with Gasteiger partial charge in [0.25, 0.3) is 5.91 Å². The van der Waals surface area contributed by atoms with E-state index < -0.39 is 17.8 Å². The maximum atomic E-state index is 12.5. The molecule has 1 N–H and O–H groups in total. The summed E-state index contributed by atoms with van der Waals surface area (Å²) in [6.45, 7) is 5.78. The van der Waals surface area contributed by atoms with Gasteiger partial charge in [-0.1, -0.05) is 41.1 Å². The van der Waals surface area contributed by atoms with E-state index in [2.05, 4.69) is 21.2 Å². The van der Waals surface area contributed by atoms with E-state index in [9.17, 15) is 14.4 Å². The minimum Gasteiger partial charge on any atom is -0.455 e. The molecule has 2 amide bonds. The molecule has 1 atom stereocenters. The summed E-state index contributed by atoms with van der Waals surface area (Å²) in [5.74, 6) is -1.63. The van der Waals surface area contributed by atoms with Crippen LogP contribution in [0.1, 0.15) is 30.0 Å².